The molecule has 19 heavy (non-hydrogen) atoms. The predicted octanol–water partition coefficient (Wildman–Crippen LogP) is 3.35. The van der Waals surface area contributed by atoms with Crippen molar-refractivity contribution in [3.63, 3.8) is 0 Å². The highest BCUT2D eigenvalue weighted by Gasteiger charge is 2.48. The maximum Gasteiger partial charge on any atom is 0.419 e. The summed E-state index contributed by atoms with van der Waals surface area (Å²) in [5.74, 6) is -1.29. The minimum atomic E-state index is -4.73. The Bertz CT molecular complexity index is 484. The number of halogens is 4. The van der Waals surface area contributed by atoms with Crippen LogP contribution in [0.2, 0.25) is 0 Å². The molecule has 0 aliphatic heterocycles. The largest absolute Gasteiger partial charge is 0.490 e. The number of nitrogens with two attached hydrogens (primary N) is 1. The van der Waals surface area contributed by atoms with Crippen LogP contribution < -0.4 is 10.5 Å². The van der Waals surface area contributed by atoms with Gasteiger partial charge in [-0.3, -0.25) is 0 Å². The zero-order chi connectivity index (χ0) is 14.4. The van der Waals surface area contributed by atoms with Crippen LogP contribution in [0.1, 0.15) is 25.8 Å². The number of hydrogen-bond acceptors (Lipinski definition) is 2. The topological polar surface area (TPSA) is 35.2 Å². The van der Waals surface area contributed by atoms with Gasteiger partial charge in [0.25, 0.3) is 0 Å². The van der Waals surface area contributed by atoms with E-state index in [1.54, 1.807) is 0 Å². The van der Waals surface area contributed by atoms with Crippen LogP contribution in [0.5, 0.6) is 5.75 Å². The molecule has 2 rings (SSSR count). The lowest BCUT2D eigenvalue weighted by Gasteiger charge is -2.49. The van der Waals surface area contributed by atoms with Gasteiger partial charge >= 0.3 is 6.18 Å². The van der Waals surface area contributed by atoms with E-state index in [0.717, 1.165) is 6.07 Å². The first kappa shape index (κ1) is 14.1. The number of rotatable bonds is 2. The summed E-state index contributed by atoms with van der Waals surface area (Å²) in [7, 11) is 0. The average Bonchev–Trinajstić information content (AvgIpc) is 2.29. The van der Waals surface area contributed by atoms with Crippen molar-refractivity contribution in [1.82, 2.24) is 0 Å². The second kappa shape index (κ2) is 4.37. The number of ether oxygens (including phenoxy) is 1. The molecule has 6 heteroatoms. The van der Waals surface area contributed by atoms with Gasteiger partial charge in [0, 0.05) is 17.9 Å². The van der Waals surface area contributed by atoms with Crippen molar-refractivity contribution in [2.75, 3.05) is 0 Å². The van der Waals surface area contributed by atoms with E-state index < -0.39 is 17.6 Å². The summed E-state index contributed by atoms with van der Waals surface area (Å²) in [6.07, 6.45) is -4.41. The van der Waals surface area contributed by atoms with Crippen molar-refractivity contribution >= 4 is 0 Å². The molecule has 0 heterocycles. The molecule has 0 saturated heterocycles. The van der Waals surface area contributed by atoms with Crippen LogP contribution >= 0.6 is 0 Å². The summed E-state index contributed by atoms with van der Waals surface area (Å²) < 4.78 is 56.3. The normalized spacial score (nSPS) is 25.8. The van der Waals surface area contributed by atoms with Crippen LogP contribution in [0, 0.1) is 11.2 Å². The fourth-order valence-corrected chi connectivity index (χ4v) is 2.08. The van der Waals surface area contributed by atoms with Gasteiger partial charge in [-0.2, -0.15) is 13.2 Å². The van der Waals surface area contributed by atoms with Crippen LogP contribution in [0.15, 0.2) is 18.2 Å². The molecule has 0 bridgehead atoms. The van der Waals surface area contributed by atoms with Crippen molar-refractivity contribution < 1.29 is 22.3 Å². The molecule has 106 valence electrons. The molecule has 2 atom stereocenters. The van der Waals surface area contributed by atoms with Crippen molar-refractivity contribution in [3.05, 3.63) is 29.6 Å². The van der Waals surface area contributed by atoms with Gasteiger partial charge in [0.1, 0.15) is 17.7 Å². The smallest absolute Gasteiger partial charge is 0.419 e. The Labute approximate surface area is 108 Å². The molecule has 0 radical (unpaired) electrons. The van der Waals surface area contributed by atoms with Crippen LogP contribution in [0.3, 0.4) is 0 Å². The SMILES string of the molecule is CC1(C)C(N)CC1Oc1ccc(F)c(C(F)(F)F)c1. The molecule has 1 aromatic carbocycles. The summed E-state index contributed by atoms with van der Waals surface area (Å²) in [5.41, 5.74) is 4.19. The Hall–Kier alpha value is -1.30. The second-order valence-electron chi connectivity index (χ2n) is 5.41. The Morgan fingerprint density at radius 3 is 2.42 bits per heavy atom. The molecule has 1 saturated carbocycles. The van der Waals surface area contributed by atoms with E-state index in [-0.39, 0.29) is 23.3 Å². The Kier molecular flexibility index (Phi) is 3.24. The van der Waals surface area contributed by atoms with Gasteiger partial charge in [-0.25, -0.2) is 4.39 Å². The van der Waals surface area contributed by atoms with Crippen LogP contribution in [0.4, 0.5) is 17.6 Å². The van der Waals surface area contributed by atoms with E-state index in [1.165, 1.54) is 6.07 Å². The van der Waals surface area contributed by atoms with Gasteiger partial charge < -0.3 is 10.5 Å². The van der Waals surface area contributed by atoms with Crippen LogP contribution in [0.25, 0.3) is 0 Å². The third kappa shape index (κ3) is 2.54. The van der Waals surface area contributed by atoms with Crippen molar-refractivity contribution in [3.8, 4) is 5.75 Å². The maximum atomic E-state index is 13.1. The molecular weight excluding hydrogens is 262 g/mol. The van der Waals surface area contributed by atoms with E-state index in [0.29, 0.717) is 12.5 Å². The van der Waals surface area contributed by atoms with Gasteiger partial charge in [-0.1, -0.05) is 13.8 Å². The van der Waals surface area contributed by atoms with Crippen molar-refractivity contribution in [2.45, 2.75) is 38.6 Å². The van der Waals surface area contributed by atoms with Gasteiger partial charge in [0.2, 0.25) is 0 Å². The summed E-state index contributed by atoms with van der Waals surface area (Å²) >= 11 is 0. The molecular formula is C13H15F4NO. The van der Waals surface area contributed by atoms with Crippen molar-refractivity contribution in [2.24, 2.45) is 11.1 Å². The lowest BCUT2D eigenvalue weighted by atomic mass is 9.65. The van der Waals surface area contributed by atoms with Gasteiger partial charge in [-0.05, 0) is 18.2 Å². The molecule has 2 nitrogen and oxygen atoms in total. The molecule has 1 aliphatic rings. The molecule has 0 spiro atoms. The van der Waals surface area contributed by atoms with Crippen LogP contribution in [-0.4, -0.2) is 12.1 Å². The highest BCUT2D eigenvalue weighted by atomic mass is 19.4. The quantitative estimate of drug-likeness (QED) is 0.841. The fourth-order valence-electron chi connectivity index (χ4n) is 2.08. The molecule has 1 aromatic rings. The Morgan fingerprint density at radius 1 is 1.32 bits per heavy atom. The minimum Gasteiger partial charge on any atom is -0.490 e. The zero-order valence-corrected chi connectivity index (χ0v) is 10.6. The Balaban J connectivity index is 2.19. The molecule has 2 N–H and O–H groups in total. The highest BCUT2D eigenvalue weighted by molar-refractivity contribution is 5.32. The lowest BCUT2D eigenvalue weighted by Crippen LogP contribution is -2.60. The summed E-state index contributed by atoms with van der Waals surface area (Å²) in [5, 5.41) is 0. The third-order valence-electron chi connectivity index (χ3n) is 3.78. The molecule has 0 amide bonds. The number of hydrogen-bond donors (Lipinski definition) is 1. The molecule has 2 unspecified atom stereocenters. The fraction of sp³-hybridized carbons (Fsp3) is 0.538. The van der Waals surface area contributed by atoms with E-state index in [9.17, 15) is 17.6 Å². The predicted molar refractivity (Wildman–Crippen MR) is 62.2 cm³/mol. The summed E-state index contributed by atoms with van der Waals surface area (Å²) in [4.78, 5) is 0. The van der Waals surface area contributed by atoms with E-state index in [2.05, 4.69) is 0 Å². The Morgan fingerprint density at radius 2 is 1.95 bits per heavy atom. The van der Waals surface area contributed by atoms with Gasteiger partial charge in [0.05, 0.1) is 5.56 Å². The first-order valence-corrected chi connectivity index (χ1v) is 5.91. The maximum absolute atomic E-state index is 13.1. The number of benzene rings is 1. The standard InChI is InChI=1S/C13H15F4NO/c1-12(2)10(18)6-11(12)19-7-3-4-9(14)8(5-7)13(15,16)17/h3-5,10-11H,6,18H2,1-2H3. The van der Waals surface area contributed by atoms with E-state index >= 15 is 0 Å². The van der Waals surface area contributed by atoms with Crippen molar-refractivity contribution in [1.29, 1.82) is 0 Å². The first-order valence-electron chi connectivity index (χ1n) is 5.91. The summed E-state index contributed by atoms with van der Waals surface area (Å²) in [6.45, 7) is 3.78. The monoisotopic (exact) mass is 277 g/mol. The average molecular weight is 277 g/mol. The highest BCUT2D eigenvalue weighted by Crippen LogP contribution is 2.42. The molecule has 1 aliphatic carbocycles. The van der Waals surface area contributed by atoms with Gasteiger partial charge in [0.15, 0.2) is 0 Å². The zero-order valence-electron chi connectivity index (χ0n) is 10.6. The van der Waals surface area contributed by atoms with E-state index in [1.807, 2.05) is 13.8 Å². The lowest BCUT2D eigenvalue weighted by molar-refractivity contribution is -0.140. The number of alkyl halides is 3. The van der Waals surface area contributed by atoms with E-state index in [4.69, 9.17) is 10.5 Å². The first-order chi connectivity index (χ1) is 8.62. The molecule has 0 aromatic heterocycles. The third-order valence-corrected chi connectivity index (χ3v) is 3.78. The minimum absolute atomic E-state index is 0.0127. The molecule has 1 fully saturated rings. The summed E-state index contributed by atoms with van der Waals surface area (Å²) in [6, 6.07) is 2.61. The van der Waals surface area contributed by atoms with Crippen LogP contribution in [-0.2, 0) is 6.18 Å². The second-order valence-corrected chi connectivity index (χ2v) is 5.41. The van der Waals surface area contributed by atoms with Gasteiger partial charge in [-0.15, -0.1) is 0 Å².